The molecule has 0 aliphatic heterocycles. The quantitative estimate of drug-likeness (QED) is 0.620. The van der Waals surface area contributed by atoms with E-state index in [9.17, 15) is 0 Å². The molecule has 0 aromatic heterocycles. The van der Waals surface area contributed by atoms with Gasteiger partial charge in [-0.2, -0.15) is 0 Å². The van der Waals surface area contributed by atoms with Crippen LogP contribution in [0.2, 0.25) is 0 Å². The van der Waals surface area contributed by atoms with Gasteiger partial charge >= 0.3 is 0 Å². The van der Waals surface area contributed by atoms with Crippen molar-refractivity contribution in [2.75, 3.05) is 7.11 Å². The standard InChI is InChI=1S/C21H20O/c1-22-19-11-12-21-17(14-19)7-4-8-20(21)18-10-9-15-5-2-3-6-16(15)13-18/h2-3,5-6,9-14,20H,4,7-8H2,1H3. The van der Waals surface area contributed by atoms with E-state index >= 15 is 0 Å². The third kappa shape index (κ3) is 2.27. The van der Waals surface area contributed by atoms with Gasteiger partial charge in [0.2, 0.25) is 0 Å². The van der Waals surface area contributed by atoms with Crippen LogP contribution in [0.25, 0.3) is 10.8 Å². The molecule has 110 valence electrons. The zero-order valence-corrected chi connectivity index (χ0v) is 12.9. The van der Waals surface area contributed by atoms with E-state index in [1.165, 1.54) is 40.3 Å². The van der Waals surface area contributed by atoms with Gasteiger partial charge in [0.1, 0.15) is 5.75 Å². The minimum absolute atomic E-state index is 0.513. The number of hydrogen-bond acceptors (Lipinski definition) is 1. The fourth-order valence-corrected chi connectivity index (χ4v) is 3.69. The van der Waals surface area contributed by atoms with E-state index in [1.807, 2.05) is 0 Å². The summed E-state index contributed by atoms with van der Waals surface area (Å²) in [4.78, 5) is 0. The molecule has 1 aliphatic carbocycles. The van der Waals surface area contributed by atoms with E-state index < -0.39 is 0 Å². The summed E-state index contributed by atoms with van der Waals surface area (Å²) in [6, 6.07) is 22.1. The lowest BCUT2D eigenvalue weighted by Crippen LogP contribution is -2.11. The first-order valence-electron chi connectivity index (χ1n) is 8.00. The summed E-state index contributed by atoms with van der Waals surface area (Å²) in [5, 5.41) is 2.65. The topological polar surface area (TPSA) is 9.23 Å². The lowest BCUT2D eigenvalue weighted by molar-refractivity contribution is 0.413. The molecular weight excluding hydrogens is 268 g/mol. The molecule has 0 saturated carbocycles. The third-order valence-corrected chi connectivity index (χ3v) is 4.84. The maximum Gasteiger partial charge on any atom is 0.119 e. The third-order valence-electron chi connectivity index (χ3n) is 4.84. The van der Waals surface area contributed by atoms with Crippen molar-refractivity contribution in [2.45, 2.75) is 25.2 Å². The highest BCUT2D eigenvalue weighted by Gasteiger charge is 2.22. The molecule has 0 heterocycles. The van der Waals surface area contributed by atoms with Gasteiger partial charge in [0.15, 0.2) is 0 Å². The van der Waals surface area contributed by atoms with Gasteiger partial charge in [-0.25, -0.2) is 0 Å². The van der Waals surface area contributed by atoms with Crippen LogP contribution in [-0.4, -0.2) is 7.11 Å². The van der Waals surface area contributed by atoms with Gasteiger partial charge in [-0.05, 0) is 58.9 Å². The predicted octanol–water partition coefficient (Wildman–Crippen LogP) is 5.32. The molecule has 4 rings (SSSR count). The van der Waals surface area contributed by atoms with Crippen LogP contribution in [0.1, 0.15) is 35.4 Å². The summed E-state index contributed by atoms with van der Waals surface area (Å²) in [5.41, 5.74) is 4.36. The second-order valence-corrected chi connectivity index (χ2v) is 6.12. The van der Waals surface area contributed by atoms with Crippen LogP contribution >= 0.6 is 0 Å². The molecule has 3 aromatic carbocycles. The zero-order chi connectivity index (χ0) is 14.9. The molecular formula is C21H20O. The first-order valence-corrected chi connectivity index (χ1v) is 8.00. The van der Waals surface area contributed by atoms with Crippen LogP contribution in [0.15, 0.2) is 60.7 Å². The Balaban J connectivity index is 1.79. The van der Waals surface area contributed by atoms with Gasteiger partial charge < -0.3 is 4.74 Å². The molecule has 1 heteroatoms. The number of benzene rings is 3. The number of fused-ring (bicyclic) bond motifs is 2. The Hall–Kier alpha value is -2.28. The molecule has 0 radical (unpaired) electrons. The van der Waals surface area contributed by atoms with Crippen molar-refractivity contribution < 1.29 is 4.74 Å². The Kier molecular flexibility index (Phi) is 3.34. The lowest BCUT2D eigenvalue weighted by atomic mass is 9.78. The Bertz CT molecular complexity index is 819. The van der Waals surface area contributed by atoms with Crippen LogP contribution in [0, 0.1) is 0 Å². The molecule has 0 bridgehead atoms. The normalized spacial score (nSPS) is 17.2. The Labute approximate surface area is 131 Å². The molecule has 1 unspecified atom stereocenters. The van der Waals surface area contributed by atoms with E-state index in [1.54, 1.807) is 7.11 Å². The van der Waals surface area contributed by atoms with Crippen molar-refractivity contribution in [3.05, 3.63) is 77.4 Å². The van der Waals surface area contributed by atoms with E-state index in [-0.39, 0.29) is 0 Å². The average Bonchev–Trinajstić information content (AvgIpc) is 2.60. The number of rotatable bonds is 2. The van der Waals surface area contributed by atoms with E-state index in [4.69, 9.17) is 4.74 Å². The van der Waals surface area contributed by atoms with Crippen LogP contribution in [0.4, 0.5) is 0 Å². The van der Waals surface area contributed by atoms with E-state index in [2.05, 4.69) is 60.7 Å². The molecule has 0 N–H and O–H groups in total. The SMILES string of the molecule is COc1ccc2c(c1)CCCC2c1ccc2ccccc2c1. The zero-order valence-electron chi connectivity index (χ0n) is 12.9. The fourth-order valence-electron chi connectivity index (χ4n) is 3.69. The first kappa shape index (κ1) is 13.4. The predicted molar refractivity (Wildman–Crippen MR) is 91.7 cm³/mol. The van der Waals surface area contributed by atoms with Gasteiger partial charge in [0, 0.05) is 5.92 Å². The molecule has 0 spiro atoms. The Morgan fingerprint density at radius 3 is 2.64 bits per heavy atom. The highest BCUT2D eigenvalue weighted by atomic mass is 16.5. The molecule has 0 saturated heterocycles. The van der Waals surface area contributed by atoms with Crippen LogP contribution in [0.3, 0.4) is 0 Å². The summed E-state index contributed by atoms with van der Waals surface area (Å²) in [7, 11) is 1.74. The Morgan fingerprint density at radius 2 is 1.77 bits per heavy atom. The largest absolute Gasteiger partial charge is 0.497 e. The molecule has 1 nitrogen and oxygen atoms in total. The summed E-state index contributed by atoms with van der Waals surface area (Å²) in [6.45, 7) is 0. The summed E-state index contributed by atoms with van der Waals surface area (Å²) < 4.78 is 5.38. The molecule has 0 amide bonds. The Morgan fingerprint density at radius 1 is 0.909 bits per heavy atom. The van der Waals surface area contributed by atoms with Crippen molar-refractivity contribution in [2.24, 2.45) is 0 Å². The average molecular weight is 288 g/mol. The monoisotopic (exact) mass is 288 g/mol. The molecule has 1 atom stereocenters. The molecule has 0 fully saturated rings. The summed E-state index contributed by atoms with van der Waals surface area (Å²) >= 11 is 0. The number of aryl methyl sites for hydroxylation is 1. The second kappa shape index (κ2) is 5.49. The number of hydrogen-bond donors (Lipinski definition) is 0. The summed E-state index contributed by atoms with van der Waals surface area (Å²) in [5.74, 6) is 1.48. The van der Waals surface area contributed by atoms with Gasteiger partial charge in [-0.15, -0.1) is 0 Å². The highest BCUT2D eigenvalue weighted by Crippen LogP contribution is 2.38. The lowest BCUT2D eigenvalue weighted by Gasteiger charge is -2.26. The van der Waals surface area contributed by atoms with Gasteiger partial charge in [0.05, 0.1) is 7.11 Å². The van der Waals surface area contributed by atoms with Crippen molar-refractivity contribution in [1.29, 1.82) is 0 Å². The maximum absolute atomic E-state index is 5.38. The molecule has 3 aromatic rings. The van der Waals surface area contributed by atoms with Gasteiger partial charge in [0.25, 0.3) is 0 Å². The molecule has 1 aliphatic rings. The number of methoxy groups -OCH3 is 1. The van der Waals surface area contributed by atoms with Crippen molar-refractivity contribution >= 4 is 10.8 Å². The molecule has 22 heavy (non-hydrogen) atoms. The van der Waals surface area contributed by atoms with Crippen LogP contribution in [0.5, 0.6) is 5.75 Å². The van der Waals surface area contributed by atoms with Crippen molar-refractivity contribution in [1.82, 2.24) is 0 Å². The number of ether oxygens (including phenoxy) is 1. The van der Waals surface area contributed by atoms with Crippen LogP contribution in [-0.2, 0) is 6.42 Å². The van der Waals surface area contributed by atoms with Gasteiger partial charge in [-0.3, -0.25) is 0 Å². The highest BCUT2D eigenvalue weighted by molar-refractivity contribution is 5.83. The first-order chi connectivity index (χ1) is 10.8. The maximum atomic E-state index is 5.38. The van der Waals surface area contributed by atoms with Crippen LogP contribution < -0.4 is 4.74 Å². The van der Waals surface area contributed by atoms with Crippen molar-refractivity contribution in [3.8, 4) is 5.75 Å². The van der Waals surface area contributed by atoms with Crippen molar-refractivity contribution in [3.63, 3.8) is 0 Å². The summed E-state index contributed by atoms with van der Waals surface area (Å²) in [6.07, 6.45) is 3.64. The smallest absolute Gasteiger partial charge is 0.119 e. The second-order valence-electron chi connectivity index (χ2n) is 6.12. The van der Waals surface area contributed by atoms with E-state index in [0.29, 0.717) is 5.92 Å². The van der Waals surface area contributed by atoms with Gasteiger partial charge in [-0.1, -0.05) is 48.5 Å². The minimum Gasteiger partial charge on any atom is -0.497 e. The van der Waals surface area contributed by atoms with E-state index in [0.717, 1.165) is 12.2 Å². The fraction of sp³-hybridized carbons (Fsp3) is 0.238. The minimum atomic E-state index is 0.513.